The molecule has 0 bridgehead atoms. The van der Waals surface area contributed by atoms with E-state index in [1.165, 1.54) is 6.33 Å². The third-order valence-corrected chi connectivity index (χ3v) is 4.14. The van der Waals surface area contributed by atoms with Crippen LogP contribution in [-0.2, 0) is 0 Å². The van der Waals surface area contributed by atoms with Crippen LogP contribution in [0.4, 0.5) is 17.2 Å². The number of halogens is 1. The number of nitrogens with one attached hydrogen (secondary N) is 2. The Labute approximate surface area is 151 Å². The summed E-state index contributed by atoms with van der Waals surface area (Å²) in [4.78, 5) is 20.6. The van der Waals surface area contributed by atoms with E-state index in [1.54, 1.807) is 18.2 Å². The molecule has 0 spiro atoms. The van der Waals surface area contributed by atoms with Crippen LogP contribution in [0.1, 0.15) is 21.6 Å². The molecule has 0 aliphatic carbocycles. The summed E-state index contributed by atoms with van der Waals surface area (Å²) in [5, 5.41) is 6.58. The number of para-hydroxylation sites is 1. The van der Waals surface area contributed by atoms with Gasteiger partial charge in [-0.2, -0.15) is 0 Å². The molecule has 0 aliphatic heterocycles. The topological polar surface area (TPSA) is 66.9 Å². The number of benzene rings is 2. The van der Waals surface area contributed by atoms with Crippen LogP contribution in [0.2, 0.25) is 5.02 Å². The fourth-order valence-corrected chi connectivity index (χ4v) is 2.45. The van der Waals surface area contributed by atoms with E-state index >= 15 is 0 Å². The minimum absolute atomic E-state index is 0.266. The molecule has 25 heavy (non-hydrogen) atoms. The van der Waals surface area contributed by atoms with Crippen molar-refractivity contribution < 1.29 is 4.79 Å². The summed E-state index contributed by atoms with van der Waals surface area (Å²) in [6.07, 6.45) is 1.36. The number of hydrogen-bond acceptors (Lipinski definition) is 4. The normalized spacial score (nSPS) is 10.4. The van der Waals surface area contributed by atoms with Gasteiger partial charge in [0, 0.05) is 22.5 Å². The van der Waals surface area contributed by atoms with Crippen molar-refractivity contribution in [3.63, 3.8) is 0 Å². The number of rotatable bonds is 4. The molecule has 2 aromatic carbocycles. The van der Waals surface area contributed by atoms with Crippen LogP contribution in [0.3, 0.4) is 0 Å². The average Bonchev–Trinajstić information content (AvgIpc) is 2.60. The lowest BCUT2D eigenvalue weighted by molar-refractivity contribution is 0.102. The van der Waals surface area contributed by atoms with Gasteiger partial charge in [0.1, 0.15) is 17.8 Å². The highest BCUT2D eigenvalue weighted by Crippen LogP contribution is 2.21. The largest absolute Gasteiger partial charge is 0.340 e. The fourth-order valence-electron chi connectivity index (χ4n) is 2.27. The van der Waals surface area contributed by atoms with Crippen LogP contribution in [-0.4, -0.2) is 15.9 Å². The van der Waals surface area contributed by atoms with Gasteiger partial charge < -0.3 is 10.6 Å². The average molecular weight is 353 g/mol. The standard InChI is InChI=1S/C19H17ClN4O/c1-12-7-8-14(9-15(12)20)23-19(25)17-10-18(22-11-21-17)24-16-6-4-3-5-13(16)2/h3-11H,1-2H3,(H,23,25)(H,21,22,24). The first kappa shape index (κ1) is 16.9. The first-order valence-corrected chi connectivity index (χ1v) is 8.13. The molecule has 0 fully saturated rings. The van der Waals surface area contributed by atoms with E-state index < -0.39 is 0 Å². The number of carbonyl (C=O) groups excluding carboxylic acids is 1. The zero-order valence-corrected chi connectivity index (χ0v) is 14.6. The Bertz CT molecular complexity index is 927. The quantitative estimate of drug-likeness (QED) is 0.711. The molecule has 1 amide bonds. The van der Waals surface area contributed by atoms with Crippen LogP contribution < -0.4 is 10.6 Å². The Morgan fingerprint density at radius 1 is 1.00 bits per heavy atom. The van der Waals surface area contributed by atoms with Crippen molar-refractivity contribution in [1.29, 1.82) is 0 Å². The molecule has 0 saturated heterocycles. The van der Waals surface area contributed by atoms with Gasteiger partial charge in [-0.05, 0) is 43.2 Å². The summed E-state index contributed by atoms with van der Waals surface area (Å²) in [7, 11) is 0. The summed E-state index contributed by atoms with van der Waals surface area (Å²) in [5.74, 6) is 0.228. The van der Waals surface area contributed by atoms with Crippen molar-refractivity contribution in [1.82, 2.24) is 9.97 Å². The Hall–Kier alpha value is -2.92. The summed E-state index contributed by atoms with van der Waals surface area (Å²) in [6, 6.07) is 14.8. The monoisotopic (exact) mass is 352 g/mol. The molecule has 6 heteroatoms. The summed E-state index contributed by atoms with van der Waals surface area (Å²) in [6.45, 7) is 3.90. The van der Waals surface area contributed by atoms with E-state index in [0.29, 0.717) is 16.5 Å². The van der Waals surface area contributed by atoms with Crippen molar-refractivity contribution in [2.75, 3.05) is 10.6 Å². The number of hydrogen-bond donors (Lipinski definition) is 2. The van der Waals surface area contributed by atoms with Gasteiger partial charge in [0.05, 0.1) is 0 Å². The number of nitrogens with zero attached hydrogens (tertiary/aromatic N) is 2. The second-order valence-corrected chi connectivity index (χ2v) is 6.05. The molecule has 3 aromatic rings. The maximum Gasteiger partial charge on any atom is 0.274 e. The number of aromatic nitrogens is 2. The first-order valence-electron chi connectivity index (χ1n) is 7.75. The maximum absolute atomic E-state index is 12.4. The van der Waals surface area contributed by atoms with E-state index in [1.807, 2.05) is 44.2 Å². The van der Waals surface area contributed by atoms with Crippen molar-refractivity contribution >= 4 is 34.7 Å². The van der Waals surface area contributed by atoms with Crippen LogP contribution in [0, 0.1) is 13.8 Å². The minimum Gasteiger partial charge on any atom is -0.340 e. The second kappa shape index (κ2) is 7.32. The molecule has 0 saturated carbocycles. The molecule has 3 rings (SSSR count). The Morgan fingerprint density at radius 2 is 1.80 bits per heavy atom. The smallest absolute Gasteiger partial charge is 0.274 e. The van der Waals surface area contributed by atoms with Gasteiger partial charge in [-0.1, -0.05) is 35.9 Å². The zero-order chi connectivity index (χ0) is 17.8. The molecule has 5 nitrogen and oxygen atoms in total. The summed E-state index contributed by atoms with van der Waals surface area (Å²) in [5.41, 5.74) is 3.85. The zero-order valence-electron chi connectivity index (χ0n) is 13.9. The summed E-state index contributed by atoms with van der Waals surface area (Å²) >= 11 is 6.09. The van der Waals surface area contributed by atoms with E-state index in [0.717, 1.165) is 16.8 Å². The number of amides is 1. The maximum atomic E-state index is 12.4. The van der Waals surface area contributed by atoms with Crippen molar-refractivity contribution in [3.05, 3.63) is 76.7 Å². The lowest BCUT2D eigenvalue weighted by Gasteiger charge is -2.10. The van der Waals surface area contributed by atoms with Crippen LogP contribution in [0.25, 0.3) is 0 Å². The lowest BCUT2D eigenvalue weighted by atomic mass is 10.2. The van der Waals surface area contributed by atoms with E-state index in [9.17, 15) is 4.79 Å². The predicted octanol–water partition coefficient (Wildman–Crippen LogP) is 4.74. The highest BCUT2D eigenvalue weighted by atomic mass is 35.5. The molecular formula is C19H17ClN4O. The molecule has 1 aromatic heterocycles. The van der Waals surface area contributed by atoms with Crippen molar-refractivity contribution in [2.45, 2.75) is 13.8 Å². The van der Waals surface area contributed by atoms with Crippen LogP contribution >= 0.6 is 11.6 Å². The molecule has 0 atom stereocenters. The number of anilines is 3. The number of aryl methyl sites for hydroxylation is 2. The van der Waals surface area contributed by atoms with Gasteiger partial charge in [-0.15, -0.1) is 0 Å². The lowest BCUT2D eigenvalue weighted by Crippen LogP contribution is -2.14. The Morgan fingerprint density at radius 3 is 2.56 bits per heavy atom. The van der Waals surface area contributed by atoms with Gasteiger partial charge >= 0.3 is 0 Å². The Kier molecular flexibility index (Phi) is 4.95. The molecule has 0 unspecified atom stereocenters. The molecule has 126 valence electrons. The molecule has 0 radical (unpaired) electrons. The third kappa shape index (κ3) is 4.14. The minimum atomic E-state index is -0.324. The molecular weight excluding hydrogens is 336 g/mol. The van der Waals surface area contributed by atoms with Gasteiger partial charge in [-0.3, -0.25) is 4.79 Å². The second-order valence-electron chi connectivity index (χ2n) is 5.65. The Balaban J connectivity index is 1.77. The molecule has 2 N–H and O–H groups in total. The molecule has 0 aliphatic rings. The summed E-state index contributed by atoms with van der Waals surface area (Å²) < 4.78 is 0. The van der Waals surface area contributed by atoms with Gasteiger partial charge in [-0.25, -0.2) is 9.97 Å². The van der Waals surface area contributed by atoms with E-state index in [2.05, 4.69) is 20.6 Å². The fraction of sp³-hybridized carbons (Fsp3) is 0.105. The SMILES string of the molecule is Cc1ccc(NC(=O)c2cc(Nc3ccccc3C)ncn2)cc1Cl. The van der Waals surface area contributed by atoms with Crippen molar-refractivity contribution in [2.24, 2.45) is 0 Å². The van der Waals surface area contributed by atoms with Crippen molar-refractivity contribution in [3.8, 4) is 0 Å². The van der Waals surface area contributed by atoms with E-state index in [4.69, 9.17) is 11.6 Å². The third-order valence-electron chi connectivity index (χ3n) is 3.74. The first-order chi connectivity index (χ1) is 12.0. The molecule has 1 heterocycles. The van der Waals surface area contributed by atoms with Gasteiger partial charge in [0.25, 0.3) is 5.91 Å². The van der Waals surface area contributed by atoms with Gasteiger partial charge in [0.15, 0.2) is 0 Å². The van der Waals surface area contributed by atoms with Crippen LogP contribution in [0.5, 0.6) is 0 Å². The highest BCUT2D eigenvalue weighted by Gasteiger charge is 2.10. The van der Waals surface area contributed by atoms with Crippen LogP contribution in [0.15, 0.2) is 54.9 Å². The number of carbonyl (C=O) groups is 1. The predicted molar refractivity (Wildman–Crippen MR) is 101 cm³/mol. The highest BCUT2D eigenvalue weighted by molar-refractivity contribution is 6.31. The van der Waals surface area contributed by atoms with Gasteiger partial charge in [0.2, 0.25) is 0 Å². The van der Waals surface area contributed by atoms with E-state index in [-0.39, 0.29) is 11.6 Å².